The van der Waals surface area contributed by atoms with Crippen LogP contribution in [0.15, 0.2) is 0 Å². The van der Waals surface area contributed by atoms with Gasteiger partial charge in [0.1, 0.15) is 36.1 Å². The molecule has 8 atom stereocenters. The van der Waals surface area contributed by atoms with Crippen molar-refractivity contribution in [3.8, 4) is 0 Å². The van der Waals surface area contributed by atoms with E-state index in [9.17, 15) is 25.5 Å². The summed E-state index contributed by atoms with van der Waals surface area (Å²) in [6.45, 7) is -1.78. The van der Waals surface area contributed by atoms with Gasteiger partial charge in [-0.3, -0.25) is 0 Å². The molecular formula is C11H20O10. The Bertz CT molecular complexity index is 352. The molecule has 0 bridgehead atoms. The molecule has 10 nitrogen and oxygen atoms in total. The quantitative estimate of drug-likeness (QED) is 0.267. The molecule has 0 amide bonds. The van der Waals surface area contributed by atoms with E-state index in [1.54, 1.807) is 0 Å². The van der Waals surface area contributed by atoms with Crippen molar-refractivity contribution in [3.63, 3.8) is 0 Å². The second kappa shape index (κ2) is 6.38. The molecule has 0 saturated carbocycles. The van der Waals surface area contributed by atoms with Gasteiger partial charge in [-0.05, 0) is 0 Å². The fourth-order valence-electron chi connectivity index (χ4n) is 2.22. The SMILES string of the molecule is OC[C@H]1O[C@@H](O[C@@H]2OCC(O)(CO)[C@H]2O)[C@H](O)[C@@H](O)[C@@H]1O. The summed E-state index contributed by atoms with van der Waals surface area (Å²) in [6.07, 6.45) is -10.5. The normalized spacial score (nSPS) is 51.3. The van der Waals surface area contributed by atoms with Crippen molar-refractivity contribution >= 4 is 0 Å². The largest absolute Gasteiger partial charge is 0.394 e. The molecule has 0 aromatic heterocycles. The van der Waals surface area contributed by atoms with Crippen LogP contribution < -0.4 is 0 Å². The lowest BCUT2D eigenvalue weighted by Gasteiger charge is -2.40. The molecule has 0 aliphatic carbocycles. The van der Waals surface area contributed by atoms with Gasteiger partial charge < -0.3 is 50.0 Å². The number of hydrogen-bond acceptors (Lipinski definition) is 10. The third-order valence-corrected chi connectivity index (χ3v) is 3.70. The molecular weight excluding hydrogens is 292 g/mol. The molecule has 2 aliphatic heterocycles. The summed E-state index contributed by atoms with van der Waals surface area (Å²) in [5, 5.41) is 66.6. The summed E-state index contributed by atoms with van der Waals surface area (Å²) >= 11 is 0. The van der Waals surface area contributed by atoms with Gasteiger partial charge in [0.2, 0.25) is 0 Å². The van der Waals surface area contributed by atoms with Gasteiger partial charge in [0.05, 0.1) is 19.8 Å². The van der Waals surface area contributed by atoms with Crippen LogP contribution in [0.4, 0.5) is 0 Å². The Balaban J connectivity index is 2.02. The van der Waals surface area contributed by atoms with Crippen molar-refractivity contribution in [2.24, 2.45) is 0 Å². The van der Waals surface area contributed by atoms with E-state index in [1.165, 1.54) is 0 Å². The third-order valence-electron chi connectivity index (χ3n) is 3.70. The molecule has 2 heterocycles. The lowest BCUT2D eigenvalue weighted by Crippen LogP contribution is -2.60. The summed E-state index contributed by atoms with van der Waals surface area (Å²) in [7, 11) is 0. The van der Waals surface area contributed by atoms with E-state index in [1.807, 2.05) is 0 Å². The second-order valence-electron chi connectivity index (χ2n) is 5.22. The van der Waals surface area contributed by atoms with Gasteiger partial charge in [0.25, 0.3) is 0 Å². The smallest absolute Gasteiger partial charge is 0.189 e. The lowest BCUT2D eigenvalue weighted by molar-refractivity contribution is -0.339. The number of rotatable bonds is 4. The highest BCUT2D eigenvalue weighted by atomic mass is 16.8. The third kappa shape index (κ3) is 3.05. The minimum atomic E-state index is -1.90. The molecule has 2 aliphatic rings. The van der Waals surface area contributed by atoms with Gasteiger partial charge >= 0.3 is 0 Å². The summed E-state index contributed by atoms with van der Waals surface area (Å²) < 4.78 is 15.2. The lowest BCUT2D eigenvalue weighted by atomic mass is 9.99. The monoisotopic (exact) mass is 312 g/mol. The Hall–Kier alpha value is -0.400. The molecule has 2 fully saturated rings. The molecule has 2 rings (SSSR count). The van der Waals surface area contributed by atoms with Crippen molar-refractivity contribution in [2.75, 3.05) is 19.8 Å². The highest BCUT2D eigenvalue weighted by Crippen LogP contribution is 2.29. The maximum atomic E-state index is 9.81. The molecule has 2 saturated heterocycles. The zero-order valence-electron chi connectivity index (χ0n) is 11.0. The Labute approximate surface area is 119 Å². The molecule has 0 radical (unpaired) electrons. The summed E-state index contributed by atoms with van der Waals surface area (Å²) in [4.78, 5) is 0. The van der Waals surface area contributed by atoms with Gasteiger partial charge in [-0.25, -0.2) is 0 Å². The van der Waals surface area contributed by atoms with Crippen molar-refractivity contribution in [1.82, 2.24) is 0 Å². The molecule has 1 unspecified atom stereocenters. The average molecular weight is 312 g/mol. The van der Waals surface area contributed by atoms with E-state index in [0.29, 0.717) is 0 Å². The summed E-state index contributed by atoms with van der Waals surface area (Å²) in [6, 6.07) is 0. The average Bonchev–Trinajstić information content (AvgIpc) is 2.76. The van der Waals surface area contributed by atoms with Gasteiger partial charge in [0.15, 0.2) is 12.6 Å². The number of aliphatic hydroxyl groups excluding tert-OH is 6. The number of ether oxygens (including phenoxy) is 3. The van der Waals surface area contributed by atoms with Gasteiger partial charge in [0, 0.05) is 0 Å². The van der Waals surface area contributed by atoms with Crippen LogP contribution in [0.5, 0.6) is 0 Å². The van der Waals surface area contributed by atoms with E-state index in [0.717, 1.165) is 0 Å². The Morgan fingerprint density at radius 1 is 1.00 bits per heavy atom. The van der Waals surface area contributed by atoms with Crippen molar-refractivity contribution in [1.29, 1.82) is 0 Å². The Morgan fingerprint density at radius 3 is 2.19 bits per heavy atom. The highest BCUT2D eigenvalue weighted by molar-refractivity contribution is 4.95. The van der Waals surface area contributed by atoms with Crippen LogP contribution in [0, 0.1) is 0 Å². The van der Waals surface area contributed by atoms with E-state index < -0.39 is 68.5 Å². The van der Waals surface area contributed by atoms with Gasteiger partial charge in [-0.2, -0.15) is 0 Å². The van der Waals surface area contributed by atoms with E-state index >= 15 is 0 Å². The Morgan fingerprint density at radius 2 is 1.67 bits per heavy atom. The van der Waals surface area contributed by atoms with E-state index in [-0.39, 0.29) is 0 Å². The van der Waals surface area contributed by atoms with Crippen LogP contribution in [-0.4, -0.2) is 104 Å². The van der Waals surface area contributed by atoms with Crippen molar-refractivity contribution in [3.05, 3.63) is 0 Å². The number of hydrogen-bond donors (Lipinski definition) is 7. The molecule has 0 aromatic carbocycles. The minimum Gasteiger partial charge on any atom is -0.394 e. The summed E-state index contributed by atoms with van der Waals surface area (Å²) in [5.41, 5.74) is -1.90. The van der Waals surface area contributed by atoms with Crippen LogP contribution in [0.25, 0.3) is 0 Å². The predicted octanol–water partition coefficient (Wildman–Crippen LogP) is -4.76. The van der Waals surface area contributed by atoms with Crippen LogP contribution in [0.3, 0.4) is 0 Å². The topological polar surface area (TPSA) is 169 Å². The van der Waals surface area contributed by atoms with E-state index in [2.05, 4.69) is 0 Å². The summed E-state index contributed by atoms with van der Waals surface area (Å²) in [5.74, 6) is 0. The molecule has 10 heteroatoms. The van der Waals surface area contributed by atoms with Crippen LogP contribution in [0.1, 0.15) is 0 Å². The molecule has 0 aromatic rings. The molecule has 7 N–H and O–H groups in total. The minimum absolute atomic E-state index is 0.396. The van der Waals surface area contributed by atoms with Crippen LogP contribution in [0.2, 0.25) is 0 Å². The molecule has 0 spiro atoms. The van der Waals surface area contributed by atoms with Crippen LogP contribution in [-0.2, 0) is 14.2 Å². The predicted molar refractivity (Wildman–Crippen MR) is 62.6 cm³/mol. The van der Waals surface area contributed by atoms with Crippen molar-refractivity contribution in [2.45, 2.75) is 48.7 Å². The standard InChI is InChI=1S/C11H20O10/c12-1-4-5(14)6(15)7(16)9(20-4)21-10-8(17)11(18,2-13)3-19-10/h4-10,12-18H,1-3H2/t4-,5-,6+,7-,8+,9+,10+,11?/m1/s1. The molecule has 124 valence electrons. The first kappa shape index (κ1) is 17.0. The first-order valence-corrected chi connectivity index (χ1v) is 6.43. The fraction of sp³-hybridized carbons (Fsp3) is 1.00. The van der Waals surface area contributed by atoms with Crippen molar-refractivity contribution < 1.29 is 50.0 Å². The van der Waals surface area contributed by atoms with Gasteiger partial charge in [-0.15, -0.1) is 0 Å². The zero-order chi connectivity index (χ0) is 15.8. The highest BCUT2D eigenvalue weighted by Gasteiger charge is 2.52. The maximum absolute atomic E-state index is 9.81. The Kier molecular flexibility index (Phi) is 5.15. The van der Waals surface area contributed by atoms with E-state index in [4.69, 9.17) is 24.4 Å². The number of aliphatic hydroxyl groups is 7. The maximum Gasteiger partial charge on any atom is 0.189 e. The fourth-order valence-corrected chi connectivity index (χ4v) is 2.22. The first-order valence-electron chi connectivity index (χ1n) is 6.43. The molecule has 21 heavy (non-hydrogen) atoms. The second-order valence-corrected chi connectivity index (χ2v) is 5.22. The zero-order valence-corrected chi connectivity index (χ0v) is 11.0. The van der Waals surface area contributed by atoms with Gasteiger partial charge in [-0.1, -0.05) is 0 Å². The van der Waals surface area contributed by atoms with Crippen LogP contribution >= 0.6 is 0 Å². The first-order chi connectivity index (χ1) is 9.84.